The number of nitrogens with zero attached hydrogens (tertiary/aromatic N) is 3. The Morgan fingerprint density at radius 2 is 1.86 bits per heavy atom. The van der Waals surface area contributed by atoms with Crippen LogP contribution in [0.5, 0.6) is 5.75 Å². The quantitative estimate of drug-likeness (QED) is 0.667. The van der Waals surface area contributed by atoms with Gasteiger partial charge in [-0.1, -0.05) is 6.07 Å². The molecule has 1 amide bonds. The average molecular weight is 433 g/mol. The van der Waals surface area contributed by atoms with E-state index in [4.69, 9.17) is 4.74 Å². The number of aromatic nitrogens is 2. The first kappa shape index (κ1) is 19.6. The number of benzene rings is 1. The Morgan fingerprint density at radius 3 is 2.48 bits per heavy atom. The van der Waals surface area contributed by atoms with Crippen LogP contribution in [0.1, 0.15) is 10.5 Å². The van der Waals surface area contributed by atoms with Crippen LogP contribution >= 0.6 is 11.3 Å². The number of piperazine rings is 1. The second kappa shape index (κ2) is 7.97. The molecule has 1 aromatic carbocycles. The zero-order valence-electron chi connectivity index (χ0n) is 15.7. The SMILES string of the molecule is COc1ccc(-c2cc(C(=O)N3CCN(S(=O)(=O)c4cccs4)CC3)[nH]n2)cc1. The minimum atomic E-state index is -3.49. The molecule has 0 bridgehead atoms. The smallest absolute Gasteiger partial charge is 0.271 e. The summed E-state index contributed by atoms with van der Waals surface area (Å²) in [5.41, 5.74) is 1.91. The van der Waals surface area contributed by atoms with Gasteiger partial charge in [0, 0.05) is 31.7 Å². The summed E-state index contributed by atoms with van der Waals surface area (Å²) in [5.74, 6) is 0.557. The molecule has 0 aliphatic carbocycles. The van der Waals surface area contributed by atoms with Gasteiger partial charge in [-0.25, -0.2) is 8.42 Å². The van der Waals surface area contributed by atoms with Gasteiger partial charge in [0.1, 0.15) is 15.7 Å². The molecular weight excluding hydrogens is 412 g/mol. The highest BCUT2D eigenvalue weighted by Crippen LogP contribution is 2.24. The van der Waals surface area contributed by atoms with E-state index >= 15 is 0 Å². The number of sulfonamides is 1. The number of methoxy groups -OCH3 is 1. The van der Waals surface area contributed by atoms with Crippen LogP contribution in [0.25, 0.3) is 11.3 Å². The number of ether oxygens (including phenoxy) is 1. The van der Waals surface area contributed by atoms with Gasteiger partial charge in [-0.2, -0.15) is 9.40 Å². The number of nitrogens with one attached hydrogen (secondary N) is 1. The number of carbonyl (C=O) groups is 1. The molecule has 0 saturated carbocycles. The van der Waals surface area contributed by atoms with Crippen molar-refractivity contribution in [2.45, 2.75) is 4.21 Å². The third kappa shape index (κ3) is 3.91. The van der Waals surface area contributed by atoms with Crippen molar-refractivity contribution in [3.63, 3.8) is 0 Å². The highest BCUT2D eigenvalue weighted by atomic mass is 32.2. The Bertz CT molecular complexity index is 1080. The summed E-state index contributed by atoms with van der Waals surface area (Å²) in [6, 6.07) is 12.4. The molecule has 1 N–H and O–H groups in total. The average Bonchev–Trinajstić information content (AvgIpc) is 3.46. The van der Waals surface area contributed by atoms with Crippen molar-refractivity contribution >= 4 is 27.3 Å². The predicted molar refractivity (Wildman–Crippen MR) is 110 cm³/mol. The van der Waals surface area contributed by atoms with Crippen LogP contribution in [0.4, 0.5) is 0 Å². The number of aromatic amines is 1. The lowest BCUT2D eigenvalue weighted by Gasteiger charge is -2.33. The van der Waals surface area contributed by atoms with Crippen LogP contribution in [0.15, 0.2) is 52.1 Å². The van der Waals surface area contributed by atoms with Gasteiger partial charge >= 0.3 is 0 Å². The van der Waals surface area contributed by atoms with E-state index < -0.39 is 10.0 Å². The van der Waals surface area contributed by atoms with Crippen LogP contribution < -0.4 is 4.74 Å². The second-order valence-corrected chi connectivity index (χ2v) is 9.64. The van der Waals surface area contributed by atoms with Gasteiger partial charge in [0.05, 0.1) is 12.8 Å². The Hall–Kier alpha value is -2.69. The van der Waals surface area contributed by atoms with Crippen molar-refractivity contribution in [1.82, 2.24) is 19.4 Å². The fourth-order valence-electron chi connectivity index (χ4n) is 3.18. The molecule has 1 fully saturated rings. The van der Waals surface area contributed by atoms with Gasteiger partial charge in [-0.3, -0.25) is 9.89 Å². The maximum absolute atomic E-state index is 12.8. The van der Waals surface area contributed by atoms with Crippen LogP contribution in [0, 0.1) is 0 Å². The van der Waals surface area contributed by atoms with Gasteiger partial charge < -0.3 is 9.64 Å². The lowest BCUT2D eigenvalue weighted by atomic mass is 10.1. The molecule has 1 aliphatic heterocycles. The molecule has 2 aromatic heterocycles. The molecule has 0 atom stereocenters. The summed E-state index contributed by atoms with van der Waals surface area (Å²) in [4.78, 5) is 14.4. The topological polar surface area (TPSA) is 95.6 Å². The van der Waals surface area contributed by atoms with E-state index in [1.165, 1.54) is 15.6 Å². The zero-order valence-corrected chi connectivity index (χ0v) is 17.4. The largest absolute Gasteiger partial charge is 0.497 e. The lowest BCUT2D eigenvalue weighted by molar-refractivity contribution is 0.0692. The molecule has 3 aromatic rings. The Balaban J connectivity index is 1.42. The highest BCUT2D eigenvalue weighted by molar-refractivity contribution is 7.91. The minimum absolute atomic E-state index is 0.189. The zero-order chi connectivity index (χ0) is 20.4. The third-order valence-corrected chi connectivity index (χ3v) is 8.08. The van der Waals surface area contributed by atoms with E-state index in [0.29, 0.717) is 28.7 Å². The molecule has 3 heterocycles. The number of amides is 1. The van der Waals surface area contributed by atoms with Gasteiger partial charge in [0.15, 0.2) is 0 Å². The number of hydrogen-bond donors (Lipinski definition) is 1. The molecule has 1 saturated heterocycles. The molecule has 0 spiro atoms. The summed E-state index contributed by atoms with van der Waals surface area (Å²) < 4.78 is 32.1. The van der Waals surface area contributed by atoms with Crippen LogP contribution in [-0.4, -0.2) is 67.0 Å². The number of rotatable bonds is 5. The van der Waals surface area contributed by atoms with Crippen molar-refractivity contribution in [1.29, 1.82) is 0 Å². The molecule has 0 unspecified atom stereocenters. The first-order chi connectivity index (χ1) is 14.0. The Morgan fingerprint density at radius 1 is 1.14 bits per heavy atom. The normalized spacial score (nSPS) is 15.4. The molecule has 8 nitrogen and oxygen atoms in total. The summed E-state index contributed by atoms with van der Waals surface area (Å²) in [6.45, 7) is 1.21. The Kier molecular flexibility index (Phi) is 5.39. The fraction of sp³-hybridized carbons (Fsp3) is 0.263. The van der Waals surface area contributed by atoms with Crippen molar-refractivity contribution in [2.75, 3.05) is 33.3 Å². The number of H-pyrrole nitrogens is 1. The molecular formula is C19H20N4O4S2. The second-order valence-electron chi connectivity index (χ2n) is 6.52. The van der Waals surface area contributed by atoms with Gasteiger partial charge in [0.25, 0.3) is 15.9 Å². The maximum atomic E-state index is 12.8. The van der Waals surface area contributed by atoms with Crippen molar-refractivity contribution in [3.05, 3.63) is 53.5 Å². The third-order valence-electron chi connectivity index (χ3n) is 4.81. The summed E-state index contributed by atoms with van der Waals surface area (Å²) in [7, 11) is -1.88. The van der Waals surface area contributed by atoms with E-state index in [-0.39, 0.29) is 19.0 Å². The van der Waals surface area contributed by atoms with Crippen LogP contribution in [0.3, 0.4) is 0 Å². The monoisotopic (exact) mass is 432 g/mol. The summed E-state index contributed by atoms with van der Waals surface area (Å²) >= 11 is 1.20. The maximum Gasteiger partial charge on any atom is 0.271 e. The summed E-state index contributed by atoms with van der Waals surface area (Å²) in [5, 5.41) is 8.76. The van der Waals surface area contributed by atoms with Crippen LogP contribution in [-0.2, 0) is 10.0 Å². The lowest BCUT2D eigenvalue weighted by Crippen LogP contribution is -2.50. The Labute approximate surface area is 172 Å². The van der Waals surface area contributed by atoms with Gasteiger partial charge in [-0.15, -0.1) is 11.3 Å². The molecule has 152 valence electrons. The number of carbonyl (C=O) groups excluding carboxylic acids is 1. The van der Waals surface area contributed by atoms with Crippen molar-refractivity contribution in [3.8, 4) is 17.0 Å². The number of thiophene rings is 1. The first-order valence-corrected chi connectivity index (χ1v) is 11.3. The van der Waals surface area contributed by atoms with Gasteiger partial charge in [-0.05, 0) is 41.8 Å². The van der Waals surface area contributed by atoms with Crippen molar-refractivity contribution in [2.24, 2.45) is 0 Å². The van der Waals surface area contributed by atoms with E-state index in [1.807, 2.05) is 24.3 Å². The van der Waals surface area contributed by atoms with E-state index in [1.54, 1.807) is 35.6 Å². The first-order valence-electron chi connectivity index (χ1n) is 9.02. The van der Waals surface area contributed by atoms with E-state index in [2.05, 4.69) is 10.2 Å². The standard InChI is InChI=1S/C19H20N4O4S2/c1-27-15-6-4-14(5-7-15)16-13-17(21-20-16)19(24)22-8-10-23(11-9-22)29(25,26)18-3-2-12-28-18/h2-7,12-13H,8-11H2,1H3,(H,20,21). The number of hydrogen-bond acceptors (Lipinski definition) is 6. The molecule has 29 heavy (non-hydrogen) atoms. The van der Waals surface area contributed by atoms with E-state index in [0.717, 1.165) is 11.3 Å². The van der Waals surface area contributed by atoms with Gasteiger partial charge in [0.2, 0.25) is 0 Å². The summed E-state index contributed by atoms with van der Waals surface area (Å²) in [6.07, 6.45) is 0. The predicted octanol–water partition coefficient (Wildman–Crippen LogP) is 2.29. The van der Waals surface area contributed by atoms with Crippen molar-refractivity contribution < 1.29 is 17.9 Å². The highest BCUT2D eigenvalue weighted by Gasteiger charge is 2.31. The molecule has 4 rings (SSSR count). The van der Waals surface area contributed by atoms with Crippen LogP contribution in [0.2, 0.25) is 0 Å². The fourth-order valence-corrected chi connectivity index (χ4v) is 5.75. The molecule has 1 aliphatic rings. The molecule has 10 heteroatoms. The van der Waals surface area contributed by atoms with E-state index in [9.17, 15) is 13.2 Å². The molecule has 0 radical (unpaired) electrons. The minimum Gasteiger partial charge on any atom is -0.497 e.